The van der Waals surface area contributed by atoms with E-state index in [0.29, 0.717) is 8.50 Å². The van der Waals surface area contributed by atoms with Crippen molar-refractivity contribution in [2.24, 2.45) is 0 Å². The Morgan fingerprint density at radius 2 is 1.48 bits per heavy atom. The Bertz CT molecular complexity index is 456. The minimum atomic E-state index is 0.101. The summed E-state index contributed by atoms with van der Waals surface area (Å²) in [4.78, 5) is 0. The van der Waals surface area contributed by atoms with Crippen LogP contribution in [-0.4, -0.2) is 12.2 Å². The lowest BCUT2D eigenvalue weighted by Gasteiger charge is -2.09. The van der Waals surface area contributed by atoms with Crippen molar-refractivity contribution >= 4 is 26.9 Å². The molecule has 0 spiro atoms. The molecule has 0 saturated heterocycles. The van der Waals surface area contributed by atoms with Gasteiger partial charge < -0.3 is 9.05 Å². The molecule has 154 valence electrons. The molecule has 0 saturated carbocycles. The van der Waals surface area contributed by atoms with Gasteiger partial charge >= 0.3 is 0 Å². The second kappa shape index (κ2) is 22.2. The highest BCUT2D eigenvalue weighted by Gasteiger charge is 2.00. The van der Waals surface area contributed by atoms with Gasteiger partial charge in [-0.2, -0.15) is 0 Å². The van der Waals surface area contributed by atoms with E-state index in [1.54, 1.807) is 0 Å². The maximum Gasteiger partial charge on any atom is 0.0836 e. The van der Waals surface area contributed by atoms with E-state index in [1.807, 2.05) is 24.3 Å². The van der Waals surface area contributed by atoms with Crippen molar-refractivity contribution in [2.45, 2.75) is 77.4 Å². The van der Waals surface area contributed by atoms with Crippen LogP contribution in [0.25, 0.3) is 0 Å². The minimum Gasteiger partial charge on any atom is -0.358 e. The molecule has 5 heteroatoms. The summed E-state index contributed by atoms with van der Waals surface area (Å²) < 4.78 is 11.1. The second-order valence-corrected chi connectivity index (χ2v) is 7.73. The highest BCUT2D eigenvalue weighted by Crippen LogP contribution is 2.25. The van der Waals surface area contributed by atoms with Crippen LogP contribution in [-0.2, 0) is 9.05 Å². The van der Waals surface area contributed by atoms with E-state index < -0.39 is 0 Å². The third-order valence-electron chi connectivity index (χ3n) is 3.91. The summed E-state index contributed by atoms with van der Waals surface area (Å²) >= 11 is 0. The first-order chi connectivity index (χ1) is 13.3. The Morgan fingerprint density at radius 3 is 2.11 bits per heavy atom. The Labute approximate surface area is 174 Å². The normalized spacial score (nSPS) is 15.7. The van der Waals surface area contributed by atoms with E-state index in [9.17, 15) is 0 Å². The second-order valence-electron chi connectivity index (χ2n) is 6.28. The lowest BCUT2D eigenvalue weighted by molar-refractivity contribution is 0.296. The van der Waals surface area contributed by atoms with Crippen molar-refractivity contribution in [3.8, 4) is 0 Å². The van der Waals surface area contributed by atoms with E-state index >= 15 is 0 Å². The van der Waals surface area contributed by atoms with E-state index in [1.165, 1.54) is 32.1 Å². The molecular weight excluding hydrogens is 389 g/mol. The van der Waals surface area contributed by atoms with Crippen molar-refractivity contribution in [3.05, 3.63) is 60.8 Å². The fourth-order valence-electron chi connectivity index (χ4n) is 2.37. The third kappa shape index (κ3) is 19.0. The van der Waals surface area contributed by atoms with Crippen molar-refractivity contribution in [2.75, 3.05) is 0 Å². The standard InChI is InChI=1S/C22H39O2P3/c1-3-5-7-8-9-10-14-17-21(23-25)18-15-11-12-16-20-22(24-27-26)19-13-6-4-2/h6,10-16,18,20-22,27H,3-5,7-9,17,19,25-26H2,1-2H3/b12-11+,13-6-,14-10-,18-15+,20-16-. The maximum absolute atomic E-state index is 5.71. The van der Waals surface area contributed by atoms with Gasteiger partial charge in [0.05, 0.1) is 12.2 Å². The molecule has 27 heavy (non-hydrogen) atoms. The van der Waals surface area contributed by atoms with E-state index in [2.05, 4.69) is 68.7 Å². The summed E-state index contributed by atoms with van der Waals surface area (Å²) in [6.45, 7) is 4.39. The molecule has 0 N–H and O–H groups in total. The molecule has 0 aliphatic rings. The quantitative estimate of drug-likeness (QED) is 0.102. The zero-order valence-corrected chi connectivity index (χ0v) is 20.4. The van der Waals surface area contributed by atoms with Gasteiger partial charge in [-0.1, -0.05) is 103 Å². The topological polar surface area (TPSA) is 18.5 Å². The zero-order chi connectivity index (χ0) is 20.0. The van der Waals surface area contributed by atoms with Crippen molar-refractivity contribution < 1.29 is 9.05 Å². The molecule has 5 atom stereocenters. The predicted molar refractivity (Wildman–Crippen MR) is 131 cm³/mol. The van der Waals surface area contributed by atoms with Gasteiger partial charge in [0.2, 0.25) is 0 Å². The van der Waals surface area contributed by atoms with Crippen LogP contribution in [0, 0.1) is 0 Å². The summed E-state index contributed by atoms with van der Waals surface area (Å²) in [6.07, 6.45) is 30.8. The fourth-order valence-corrected chi connectivity index (χ4v) is 3.45. The first-order valence-corrected chi connectivity index (χ1v) is 13.3. The lowest BCUT2D eigenvalue weighted by Crippen LogP contribution is -2.01. The molecule has 0 fully saturated rings. The van der Waals surface area contributed by atoms with Crippen LogP contribution in [0.4, 0.5) is 0 Å². The Hall–Kier alpha value is -0.0900. The van der Waals surface area contributed by atoms with Crippen molar-refractivity contribution in [1.82, 2.24) is 0 Å². The summed E-state index contributed by atoms with van der Waals surface area (Å²) in [7, 11) is 5.43. The van der Waals surface area contributed by atoms with Gasteiger partial charge in [-0.15, -0.1) is 0 Å². The van der Waals surface area contributed by atoms with E-state index in [0.717, 1.165) is 19.3 Å². The Balaban J connectivity index is 4.17. The van der Waals surface area contributed by atoms with Crippen LogP contribution in [0.5, 0.6) is 0 Å². The lowest BCUT2D eigenvalue weighted by atomic mass is 10.1. The molecule has 0 rings (SSSR count). The molecule has 5 unspecified atom stereocenters. The van der Waals surface area contributed by atoms with Crippen LogP contribution in [0.1, 0.15) is 65.2 Å². The van der Waals surface area contributed by atoms with Gasteiger partial charge in [0.1, 0.15) is 0 Å². The zero-order valence-electron chi connectivity index (χ0n) is 17.1. The van der Waals surface area contributed by atoms with Crippen molar-refractivity contribution in [1.29, 1.82) is 0 Å². The van der Waals surface area contributed by atoms with Gasteiger partial charge in [0.25, 0.3) is 0 Å². The van der Waals surface area contributed by atoms with Crippen LogP contribution < -0.4 is 0 Å². The largest absolute Gasteiger partial charge is 0.358 e. The summed E-state index contributed by atoms with van der Waals surface area (Å²) in [5.74, 6) is 0. The van der Waals surface area contributed by atoms with E-state index in [4.69, 9.17) is 9.05 Å². The van der Waals surface area contributed by atoms with Gasteiger partial charge in [-0.25, -0.2) is 0 Å². The average molecular weight is 428 g/mol. The summed E-state index contributed by atoms with van der Waals surface area (Å²) in [6, 6.07) is 0. The number of rotatable bonds is 17. The molecule has 0 radical (unpaired) electrons. The molecule has 0 aliphatic carbocycles. The minimum absolute atomic E-state index is 0.101. The van der Waals surface area contributed by atoms with Gasteiger partial charge in [0, 0.05) is 18.0 Å². The average Bonchev–Trinajstić information content (AvgIpc) is 2.68. The van der Waals surface area contributed by atoms with Crippen LogP contribution in [0.15, 0.2) is 60.8 Å². The van der Waals surface area contributed by atoms with Crippen LogP contribution >= 0.6 is 26.9 Å². The Morgan fingerprint density at radius 1 is 0.815 bits per heavy atom. The van der Waals surface area contributed by atoms with Gasteiger partial charge in [-0.05, 0) is 32.1 Å². The molecule has 0 aliphatic heterocycles. The SMILES string of the molecule is CC/C=C\CC(\C=C/C=C/C=C/C(C/C=C\CCCCCC)OP)OPP. The van der Waals surface area contributed by atoms with E-state index in [-0.39, 0.29) is 12.2 Å². The molecule has 0 aromatic rings. The number of allylic oxidation sites excluding steroid dienone is 6. The number of hydrogen-bond acceptors (Lipinski definition) is 2. The number of hydrogen-bond donors (Lipinski definition) is 0. The molecule has 0 aromatic carbocycles. The summed E-state index contributed by atoms with van der Waals surface area (Å²) in [5, 5.41) is 0. The van der Waals surface area contributed by atoms with Crippen LogP contribution in [0.2, 0.25) is 0 Å². The molecule has 0 aromatic heterocycles. The molecule has 0 heterocycles. The molecule has 0 bridgehead atoms. The third-order valence-corrected chi connectivity index (χ3v) is 5.11. The van der Waals surface area contributed by atoms with Gasteiger partial charge in [-0.3, -0.25) is 0 Å². The van der Waals surface area contributed by atoms with Crippen LogP contribution in [0.3, 0.4) is 0 Å². The fraction of sp³-hybridized carbons (Fsp3) is 0.545. The van der Waals surface area contributed by atoms with Gasteiger partial charge in [0.15, 0.2) is 0 Å². The first kappa shape index (κ1) is 26.9. The monoisotopic (exact) mass is 428 g/mol. The molecule has 2 nitrogen and oxygen atoms in total. The first-order valence-electron chi connectivity index (χ1n) is 10.1. The highest BCUT2D eigenvalue weighted by atomic mass is 32.0. The summed E-state index contributed by atoms with van der Waals surface area (Å²) in [5.41, 5.74) is 0. The molecule has 0 amide bonds. The predicted octanol–water partition coefficient (Wildman–Crippen LogP) is 7.87. The number of unbranched alkanes of at least 4 members (excludes halogenated alkanes) is 4. The molecular formula is C22H39O2P3. The smallest absolute Gasteiger partial charge is 0.0836 e. The Kier molecular flexibility index (Phi) is 22.1. The maximum atomic E-state index is 5.71. The highest BCUT2D eigenvalue weighted by molar-refractivity contribution is 8.00. The van der Waals surface area contributed by atoms with Crippen molar-refractivity contribution in [3.63, 3.8) is 0 Å².